The fourth-order valence-electron chi connectivity index (χ4n) is 5.80. The van der Waals surface area contributed by atoms with E-state index in [2.05, 4.69) is 0 Å². The van der Waals surface area contributed by atoms with Crippen LogP contribution in [0.3, 0.4) is 0 Å². The van der Waals surface area contributed by atoms with Crippen molar-refractivity contribution in [3.63, 3.8) is 0 Å². The number of carbonyl (C=O) groups is 3. The van der Waals surface area contributed by atoms with Crippen LogP contribution in [0.25, 0.3) is 0 Å². The Kier molecular flexibility index (Phi) is 15.2. The number of aryl methyl sites for hydroxylation is 1. The summed E-state index contributed by atoms with van der Waals surface area (Å²) in [6, 6.07) is 9.10. The van der Waals surface area contributed by atoms with E-state index in [1.807, 2.05) is 44.2 Å². The first-order valence-electron chi connectivity index (χ1n) is 14.6. The maximum atomic E-state index is 14.2. The number of carbonyl (C=O) groups excluding carboxylic acids is 2. The Bertz CT molecular complexity index is 999. The molecule has 0 bridgehead atoms. The maximum absolute atomic E-state index is 14.2. The van der Waals surface area contributed by atoms with Gasteiger partial charge in [0.15, 0.2) is 0 Å². The molecule has 1 aliphatic carbocycles. The van der Waals surface area contributed by atoms with Gasteiger partial charge in [0.1, 0.15) is 12.2 Å². The molecule has 2 fully saturated rings. The third kappa shape index (κ3) is 10.7. The molecule has 1 saturated carbocycles. The molecule has 1 heterocycles. The number of carboxylic acid groups (broad SMARTS) is 1. The zero-order chi connectivity index (χ0) is 28.4. The molecular weight excluding hydrogens is 557 g/mol. The van der Waals surface area contributed by atoms with Gasteiger partial charge in [-0.15, -0.1) is 0 Å². The van der Waals surface area contributed by atoms with Crippen molar-refractivity contribution in [3.05, 3.63) is 35.9 Å². The van der Waals surface area contributed by atoms with Gasteiger partial charge in [0, 0.05) is 25.0 Å². The zero-order valence-electron chi connectivity index (χ0n) is 23.8. The molecule has 2 aliphatic rings. The number of nitrogens with zero attached hydrogens (tertiary/aromatic N) is 1. The molecule has 0 aromatic heterocycles. The van der Waals surface area contributed by atoms with Crippen LogP contribution in [0.2, 0.25) is 0 Å². The van der Waals surface area contributed by atoms with Crippen LogP contribution in [0, 0.1) is 17.8 Å². The minimum absolute atomic E-state index is 0. The number of unbranched alkanes of at least 4 members (excludes halogenated alkanes) is 1. The zero-order valence-corrected chi connectivity index (χ0v) is 24.7. The van der Waals surface area contributed by atoms with Crippen molar-refractivity contribution in [1.82, 2.24) is 4.90 Å². The van der Waals surface area contributed by atoms with E-state index in [9.17, 15) is 24.1 Å². The van der Waals surface area contributed by atoms with Gasteiger partial charge in [-0.1, -0.05) is 83.2 Å². The molecule has 40 heavy (non-hydrogen) atoms. The van der Waals surface area contributed by atoms with E-state index < -0.39 is 37.5 Å². The second-order valence-electron chi connectivity index (χ2n) is 11.5. The van der Waals surface area contributed by atoms with Crippen molar-refractivity contribution < 1.29 is 33.3 Å². The molecule has 8 nitrogen and oxygen atoms in total. The monoisotopic (exact) mass is 605 g/mol. The summed E-state index contributed by atoms with van der Waals surface area (Å²) in [7, 11) is -3.60. The van der Waals surface area contributed by atoms with Crippen molar-refractivity contribution >= 4 is 63.0 Å². The predicted molar refractivity (Wildman–Crippen MR) is 159 cm³/mol. The number of rotatable bonds is 14. The molecule has 1 aromatic rings. The van der Waals surface area contributed by atoms with E-state index in [0.717, 1.165) is 38.5 Å². The summed E-state index contributed by atoms with van der Waals surface area (Å²) in [5, 5.41) is 9.92. The molecule has 0 spiro atoms. The van der Waals surface area contributed by atoms with Crippen LogP contribution in [0.15, 0.2) is 30.3 Å². The average molecular weight is 606 g/mol. The van der Waals surface area contributed by atoms with Crippen LogP contribution in [0.1, 0.15) is 84.1 Å². The molecule has 10 heteroatoms. The van der Waals surface area contributed by atoms with Gasteiger partial charge in [-0.3, -0.25) is 18.7 Å². The quantitative estimate of drug-likeness (QED) is 0.102. The Balaban J connectivity index is 0.00000560. The number of esters is 1. The predicted octanol–water partition coefficient (Wildman–Crippen LogP) is 5.21. The fourth-order valence-corrected chi connectivity index (χ4v) is 8.10. The van der Waals surface area contributed by atoms with E-state index in [0.29, 0.717) is 25.3 Å². The van der Waals surface area contributed by atoms with Gasteiger partial charge in [0.25, 0.3) is 0 Å². The third-order valence-electron chi connectivity index (χ3n) is 8.07. The Morgan fingerprint density at radius 1 is 1.05 bits per heavy atom. The fraction of sp³-hybridized carbons (Fsp3) is 0.700. The van der Waals surface area contributed by atoms with Gasteiger partial charge < -0.3 is 14.7 Å². The molecule has 222 valence electrons. The summed E-state index contributed by atoms with van der Waals surface area (Å²) < 4.78 is 25.7. The number of amides is 1. The van der Waals surface area contributed by atoms with Crippen LogP contribution >= 0.6 is 7.37 Å². The molecule has 1 N–H and O–H groups in total. The first kappa shape index (κ1) is 35.3. The number of aliphatic carboxylic acids is 1. The van der Waals surface area contributed by atoms with Gasteiger partial charge in [-0.2, -0.15) is 0 Å². The van der Waals surface area contributed by atoms with Gasteiger partial charge in [0.2, 0.25) is 19.6 Å². The Morgan fingerprint density at radius 2 is 1.73 bits per heavy atom. The Hall–Kier alpha value is -0.920. The van der Waals surface area contributed by atoms with Crippen LogP contribution in [0.4, 0.5) is 0 Å². The first-order valence-corrected chi connectivity index (χ1v) is 16.6. The first-order chi connectivity index (χ1) is 18.6. The van der Waals surface area contributed by atoms with Crippen LogP contribution in [-0.2, 0) is 34.6 Å². The molecule has 4 atom stereocenters. The van der Waals surface area contributed by atoms with E-state index in [1.54, 1.807) is 6.92 Å². The van der Waals surface area contributed by atoms with Crippen molar-refractivity contribution in [1.29, 1.82) is 0 Å². The second-order valence-corrected chi connectivity index (χ2v) is 14.1. The second kappa shape index (κ2) is 17.3. The molecule has 1 unspecified atom stereocenters. The normalized spacial score (nSPS) is 21.9. The number of likely N-dealkylation sites (tertiary alicyclic amines) is 1. The average Bonchev–Trinajstić information content (AvgIpc) is 3.38. The van der Waals surface area contributed by atoms with E-state index in [1.165, 1.54) is 16.9 Å². The SMILES string of the molecule is CCC(=O)OC(O[P@](=O)(CCCCc1ccccc1)CC(=O)N1C[C@H](C2CCCCC2)C[C@H]1C(=O)O)C(C)C.[CaH2]. The summed E-state index contributed by atoms with van der Waals surface area (Å²) >= 11 is 0. The number of hydrogen-bond acceptors (Lipinski definition) is 6. The van der Waals surface area contributed by atoms with Gasteiger partial charge in [0.05, 0.1) is 0 Å². The summed E-state index contributed by atoms with van der Waals surface area (Å²) in [6.07, 6.45) is 7.12. The molecule has 3 rings (SSSR count). The summed E-state index contributed by atoms with van der Waals surface area (Å²) in [5.74, 6) is -1.61. The molecule has 1 amide bonds. The Morgan fingerprint density at radius 3 is 2.33 bits per heavy atom. The van der Waals surface area contributed by atoms with Crippen LogP contribution in [0.5, 0.6) is 0 Å². The molecule has 1 aromatic carbocycles. The van der Waals surface area contributed by atoms with Crippen molar-refractivity contribution in [2.24, 2.45) is 17.8 Å². The van der Waals surface area contributed by atoms with Crippen molar-refractivity contribution in [2.75, 3.05) is 18.9 Å². The van der Waals surface area contributed by atoms with Gasteiger partial charge >= 0.3 is 49.7 Å². The summed E-state index contributed by atoms with van der Waals surface area (Å²) in [5.41, 5.74) is 1.18. The number of carboxylic acids is 1. The topological polar surface area (TPSA) is 110 Å². The van der Waals surface area contributed by atoms with Crippen LogP contribution in [-0.4, -0.2) is 96.8 Å². The van der Waals surface area contributed by atoms with Crippen LogP contribution < -0.4 is 0 Å². The summed E-state index contributed by atoms with van der Waals surface area (Å²) in [4.78, 5) is 39.2. The van der Waals surface area contributed by atoms with E-state index in [4.69, 9.17) is 9.26 Å². The minimum atomic E-state index is -3.60. The number of ether oxygens (including phenoxy) is 1. The van der Waals surface area contributed by atoms with Gasteiger partial charge in [-0.25, -0.2) is 4.79 Å². The van der Waals surface area contributed by atoms with E-state index >= 15 is 0 Å². The molecule has 1 saturated heterocycles. The standard InChI is InChI=1S/C30H46NO7P.Ca.2H/c1-4-28(33)37-30(22(2)3)38-39(36,18-12-11-15-23-13-7-5-8-14-23)21-27(32)31-20-25(19-26(31)29(34)35)24-16-9-6-10-17-24;;;/h5,7-8,13-14,22,24-26,30H,4,6,9-12,15-21H2,1-3H3,(H,34,35);;;/t25-,26+,30?,39-;;;/m1.../s1. The Labute approximate surface area is 269 Å². The van der Waals surface area contributed by atoms with Gasteiger partial charge in [-0.05, 0) is 43.1 Å². The molecule has 0 radical (unpaired) electrons. The number of benzene rings is 1. The third-order valence-corrected chi connectivity index (χ3v) is 10.4. The van der Waals surface area contributed by atoms with E-state index in [-0.39, 0.29) is 68.3 Å². The van der Waals surface area contributed by atoms with Crippen molar-refractivity contribution in [2.45, 2.75) is 97.3 Å². The van der Waals surface area contributed by atoms with Crippen molar-refractivity contribution in [3.8, 4) is 0 Å². The summed E-state index contributed by atoms with van der Waals surface area (Å²) in [6.45, 7) is 5.68. The molecular formula is C30H48CaNO7P. The molecule has 1 aliphatic heterocycles. The number of hydrogen-bond donors (Lipinski definition) is 1.